The van der Waals surface area contributed by atoms with Gasteiger partial charge in [0.2, 0.25) is 10.0 Å². The predicted molar refractivity (Wildman–Crippen MR) is 112 cm³/mol. The van der Waals surface area contributed by atoms with E-state index in [1.54, 1.807) is 37.0 Å². The van der Waals surface area contributed by atoms with E-state index in [0.29, 0.717) is 25.9 Å². The van der Waals surface area contributed by atoms with Crippen molar-refractivity contribution in [3.63, 3.8) is 0 Å². The molecule has 0 atom stereocenters. The van der Waals surface area contributed by atoms with E-state index in [1.807, 2.05) is 24.4 Å². The number of hydrogen-bond acceptors (Lipinski definition) is 4. The summed E-state index contributed by atoms with van der Waals surface area (Å²) in [4.78, 5) is 14.3. The lowest BCUT2D eigenvalue weighted by Gasteiger charge is -2.33. The third-order valence-electron chi connectivity index (χ3n) is 4.90. The maximum absolute atomic E-state index is 12.6. The molecule has 27 heavy (non-hydrogen) atoms. The van der Waals surface area contributed by atoms with Gasteiger partial charge in [-0.3, -0.25) is 0 Å². The number of rotatable bonds is 3. The summed E-state index contributed by atoms with van der Waals surface area (Å²) in [5, 5.41) is 6.15. The van der Waals surface area contributed by atoms with Gasteiger partial charge in [0.25, 0.3) is 0 Å². The number of anilines is 1. The molecule has 0 radical (unpaired) electrons. The average Bonchev–Trinajstić information content (AvgIpc) is 3.03. The van der Waals surface area contributed by atoms with Gasteiger partial charge >= 0.3 is 6.03 Å². The Morgan fingerprint density at radius 2 is 1.89 bits per heavy atom. The van der Waals surface area contributed by atoms with Crippen molar-refractivity contribution in [1.29, 1.82) is 0 Å². The Morgan fingerprint density at radius 3 is 2.52 bits per heavy atom. The number of sulfonamides is 1. The Bertz CT molecular complexity index is 937. The molecule has 1 fully saturated rings. The van der Waals surface area contributed by atoms with Crippen LogP contribution in [-0.2, 0) is 10.0 Å². The van der Waals surface area contributed by atoms with Gasteiger partial charge in [-0.15, -0.1) is 11.3 Å². The third kappa shape index (κ3) is 4.44. The number of benzene rings is 1. The standard InChI is InChI=1S/C19H27N3O3S2/c1-13-11-16(12-14-7-10-26-17(13)14)20-18(23)22-8-5-15(6-9-22)21-27(24,25)19(2,3)4/h7,10-12,15,21H,5-6,8-9H2,1-4H3,(H,20,23). The lowest BCUT2D eigenvalue weighted by Crippen LogP contribution is -2.50. The minimum atomic E-state index is -3.37. The number of urea groups is 1. The van der Waals surface area contributed by atoms with E-state index in [4.69, 9.17) is 0 Å². The maximum atomic E-state index is 12.6. The van der Waals surface area contributed by atoms with Gasteiger partial charge in [0.05, 0.1) is 4.75 Å². The van der Waals surface area contributed by atoms with Crippen LogP contribution in [0.5, 0.6) is 0 Å². The Kier molecular flexibility index (Phi) is 5.52. The topological polar surface area (TPSA) is 78.5 Å². The zero-order valence-corrected chi connectivity index (χ0v) is 17.8. The van der Waals surface area contributed by atoms with Crippen LogP contribution in [0.15, 0.2) is 23.6 Å². The fourth-order valence-corrected chi connectivity index (χ4v) is 5.02. The number of amides is 2. The molecule has 3 rings (SSSR count). The van der Waals surface area contributed by atoms with Crippen molar-refractivity contribution in [2.24, 2.45) is 0 Å². The second kappa shape index (κ2) is 7.41. The normalized spacial score (nSPS) is 16.7. The number of nitrogens with zero attached hydrogens (tertiary/aromatic N) is 1. The molecule has 0 bridgehead atoms. The molecule has 1 saturated heterocycles. The van der Waals surface area contributed by atoms with E-state index in [2.05, 4.69) is 16.1 Å². The molecule has 6 nitrogen and oxygen atoms in total. The van der Waals surface area contributed by atoms with Gasteiger partial charge in [0, 0.05) is 29.5 Å². The monoisotopic (exact) mass is 409 g/mol. The second-order valence-corrected chi connectivity index (χ2v) is 11.4. The van der Waals surface area contributed by atoms with Crippen LogP contribution in [-0.4, -0.2) is 43.2 Å². The highest BCUT2D eigenvalue weighted by molar-refractivity contribution is 7.90. The molecular formula is C19H27N3O3S2. The van der Waals surface area contributed by atoms with E-state index >= 15 is 0 Å². The van der Waals surface area contributed by atoms with E-state index in [0.717, 1.165) is 16.6 Å². The number of aryl methyl sites for hydroxylation is 1. The van der Waals surface area contributed by atoms with Crippen LogP contribution >= 0.6 is 11.3 Å². The van der Waals surface area contributed by atoms with Gasteiger partial charge in [0.1, 0.15) is 0 Å². The summed E-state index contributed by atoms with van der Waals surface area (Å²) in [6, 6.07) is 5.76. The minimum absolute atomic E-state index is 0.123. The van der Waals surface area contributed by atoms with Crippen LogP contribution in [0.2, 0.25) is 0 Å². The van der Waals surface area contributed by atoms with Crippen LogP contribution in [0.25, 0.3) is 10.1 Å². The van der Waals surface area contributed by atoms with Gasteiger partial charge in [-0.25, -0.2) is 17.9 Å². The van der Waals surface area contributed by atoms with Crippen molar-refractivity contribution in [1.82, 2.24) is 9.62 Å². The van der Waals surface area contributed by atoms with Gasteiger partial charge < -0.3 is 10.2 Å². The van der Waals surface area contributed by atoms with Crippen molar-refractivity contribution in [3.8, 4) is 0 Å². The van der Waals surface area contributed by atoms with E-state index in [1.165, 1.54) is 4.70 Å². The fraction of sp³-hybridized carbons (Fsp3) is 0.526. The first-order valence-corrected chi connectivity index (χ1v) is 11.5. The van der Waals surface area contributed by atoms with Crippen molar-refractivity contribution < 1.29 is 13.2 Å². The summed E-state index contributed by atoms with van der Waals surface area (Å²) in [5.74, 6) is 0. The highest BCUT2D eigenvalue weighted by Gasteiger charge is 2.33. The highest BCUT2D eigenvalue weighted by Crippen LogP contribution is 2.28. The van der Waals surface area contributed by atoms with Gasteiger partial charge in [0.15, 0.2) is 0 Å². The largest absolute Gasteiger partial charge is 0.324 e. The van der Waals surface area contributed by atoms with Crippen molar-refractivity contribution >= 4 is 43.2 Å². The number of fused-ring (bicyclic) bond motifs is 1. The summed E-state index contributed by atoms with van der Waals surface area (Å²) < 4.78 is 27.8. The average molecular weight is 410 g/mol. The van der Waals surface area contributed by atoms with Crippen molar-refractivity contribution in [2.45, 2.75) is 51.3 Å². The van der Waals surface area contributed by atoms with E-state index in [9.17, 15) is 13.2 Å². The number of likely N-dealkylation sites (tertiary alicyclic amines) is 1. The Labute approximate surface area is 165 Å². The van der Waals surface area contributed by atoms with E-state index < -0.39 is 14.8 Å². The van der Waals surface area contributed by atoms with Gasteiger partial charge in [-0.05, 0) is 75.1 Å². The summed E-state index contributed by atoms with van der Waals surface area (Å²) in [6.07, 6.45) is 1.23. The molecule has 2 heterocycles. The number of nitrogens with one attached hydrogen (secondary N) is 2. The summed E-state index contributed by atoms with van der Waals surface area (Å²) in [6.45, 7) is 8.16. The summed E-state index contributed by atoms with van der Waals surface area (Å²) in [5.41, 5.74) is 1.94. The number of piperidine rings is 1. The maximum Gasteiger partial charge on any atom is 0.321 e. The number of carbonyl (C=O) groups is 1. The summed E-state index contributed by atoms with van der Waals surface area (Å²) in [7, 11) is -3.37. The number of carbonyl (C=O) groups excluding carboxylic acids is 1. The Hall–Kier alpha value is -1.64. The third-order valence-corrected chi connectivity index (χ3v) is 8.22. The molecule has 8 heteroatoms. The van der Waals surface area contributed by atoms with Crippen molar-refractivity contribution in [2.75, 3.05) is 18.4 Å². The smallest absolute Gasteiger partial charge is 0.321 e. The minimum Gasteiger partial charge on any atom is -0.324 e. The molecule has 1 aromatic carbocycles. The lowest BCUT2D eigenvalue weighted by atomic mass is 10.1. The molecule has 148 valence electrons. The molecule has 2 aromatic rings. The number of hydrogen-bond donors (Lipinski definition) is 2. The van der Waals surface area contributed by atoms with Crippen LogP contribution in [0.4, 0.5) is 10.5 Å². The molecule has 0 unspecified atom stereocenters. The zero-order chi connectivity index (χ0) is 19.8. The molecule has 1 aliphatic heterocycles. The SMILES string of the molecule is Cc1cc(NC(=O)N2CCC(NS(=O)(=O)C(C)(C)C)CC2)cc2ccsc12. The van der Waals surface area contributed by atoms with Crippen LogP contribution in [0.1, 0.15) is 39.2 Å². The van der Waals surface area contributed by atoms with Gasteiger partial charge in [-0.1, -0.05) is 0 Å². The molecule has 1 aromatic heterocycles. The van der Waals surface area contributed by atoms with Crippen molar-refractivity contribution in [3.05, 3.63) is 29.1 Å². The van der Waals surface area contributed by atoms with Crippen LogP contribution in [0.3, 0.4) is 0 Å². The molecule has 0 aliphatic carbocycles. The highest BCUT2D eigenvalue weighted by atomic mass is 32.2. The number of thiophene rings is 1. The zero-order valence-electron chi connectivity index (χ0n) is 16.2. The van der Waals surface area contributed by atoms with Crippen LogP contribution in [0, 0.1) is 6.92 Å². The molecule has 1 aliphatic rings. The van der Waals surface area contributed by atoms with Crippen LogP contribution < -0.4 is 10.0 Å². The Balaban J connectivity index is 1.58. The first-order valence-electron chi connectivity index (χ1n) is 9.12. The molecule has 0 spiro atoms. The predicted octanol–water partition coefficient (Wildman–Crippen LogP) is 3.92. The first-order chi connectivity index (χ1) is 12.6. The van der Waals surface area contributed by atoms with E-state index in [-0.39, 0.29) is 12.1 Å². The molecular weight excluding hydrogens is 382 g/mol. The fourth-order valence-electron chi connectivity index (χ4n) is 3.13. The second-order valence-electron chi connectivity index (χ2n) is 8.06. The lowest BCUT2D eigenvalue weighted by molar-refractivity contribution is 0.193. The molecule has 2 amide bonds. The van der Waals surface area contributed by atoms with Gasteiger partial charge in [-0.2, -0.15) is 0 Å². The molecule has 0 saturated carbocycles. The Morgan fingerprint density at radius 1 is 1.22 bits per heavy atom. The molecule has 2 N–H and O–H groups in total. The first kappa shape index (κ1) is 20.1. The quantitative estimate of drug-likeness (QED) is 0.806. The summed E-state index contributed by atoms with van der Waals surface area (Å²) >= 11 is 1.70.